The first-order valence-corrected chi connectivity index (χ1v) is 4.91. The molecule has 0 aromatic carbocycles. The number of fused-ring (bicyclic) bond motifs is 1. The Morgan fingerprint density at radius 1 is 1.15 bits per heavy atom. The molecular weight excluding hydrogens is 182 g/mol. The Morgan fingerprint density at radius 3 is 2.54 bits per heavy atom. The number of aromatic nitrogens is 2. The minimum atomic E-state index is 0.601. The third-order valence-corrected chi connectivity index (χ3v) is 3.27. The van der Waals surface area contributed by atoms with Crippen LogP contribution in [0.5, 0.6) is 0 Å². The van der Waals surface area contributed by atoms with Crippen molar-refractivity contribution in [2.45, 2.75) is 20.8 Å². The maximum atomic E-state index is 5.83. The van der Waals surface area contributed by atoms with Gasteiger partial charge < -0.3 is 5.73 Å². The van der Waals surface area contributed by atoms with Crippen LogP contribution in [0.15, 0.2) is 0 Å². The van der Waals surface area contributed by atoms with Gasteiger partial charge in [0.2, 0.25) is 0 Å². The van der Waals surface area contributed by atoms with E-state index < -0.39 is 0 Å². The van der Waals surface area contributed by atoms with Gasteiger partial charge in [0.15, 0.2) is 0 Å². The molecule has 0 saturated carbocycles. The fraction of sp³-hybridized carbons (Fsp3) is 0.333. The quantitative estimate of drug-likeness (QED) is 0.697. The number of thiophene rings is 1. The highest BCUT2D eigenvalue weighted by atomic mass is 32.1. The summed E-state index contributed by atoms with van der Waals surface area (Å²) in [4.78, 5) is 10.8. The van der Waals surface area contributed by atoms with Gasteiger partial charge in [0.05, 0.1) is 5.39 Å². The summed E-state index contributed by atoms with van der Waals surface area (Å²) in [5.74, 6) is 1.34. The van der Waals surface area contributed by atoms with Crippen LogP contribution in [-0.4, -0.2) is 9.97 Å². The Morgan fingerprint density at radius 2 is 1.85 bits per heavy atom. The lowest BCUT2D eigenvalue weighted by Gasteiger charge is -1.97. The molecule has 0 spiro atoms. The van der Waals surface area contributed by atoms with Crippen molar-refractivity contribution in [2.75, 3.05) is 5.73 Å². The smallest absolute Gasteiger partial charge is 0.136 e. The van der Waals surface area contributed by atoms with Crippen molar-refractivity contribution in [1.29, 1.82) is 0 Å². The second kappa shape index (κ2) is 2.67. The topological polar surface area (TPSA) is 51.8 Å². The highest BCUT2D eigenvalue weighted by Crippen LogP contribution is 2.31. The number of nitrogens with two attached hydrogens (primary N) is 1. The van der Waals surface area contributed by atoms with Crippen LogP contribution in [0.3, 0.4) is 0 Å². The number of nitrogen functional groups attached to an aromatic ring is 1. The lowest BCUT2D eigenvalue weighted by molar-refractivity contribution is 1.10. The minimum Gasteiger partial charge on any atom is -0.383 e. The number of anilines is 1. The molecule has 0 aliphatic heterocycles. The zero-order valence-electron chi connectivity index (χ0n) is 7.88. The highest BCUT2D eigenvalue weighted by molar-refractivity contribution is 7.18. The van der Waals surface area contributed by atoms with Crippen LogP contribution in [0.25, 0.3) is 10.2 Å². The van der Waals surface area contributed by atoms with Crippen molar-refractivity contribution >= 4 is 27.4 Å². The fourth-order valence-electron chi connectivity index (χ4n) is 1.39. The summed E-state index contributed by atoms with van der Waals surface area (Å²) in [7, 11) is 0. The summed E-state index contributed by atoms with van der Waals surface area (Å²) in [6, 6.07) is 0. The van der Waals surface area contributed by atoms with E-state index in [0.29, 0.717) is 5.82 Å². The van der Waals surface area contributed by atoms with Crippen molar-refractivity contribution in [1.82, 2.24) is 9.97 Å². The fourth-order valence-corrected chi connectivity index (χ4v) is 2.47. The molecule has 2 aromatic heterocycles. The molecule has 2 aromatic rings. The third-order valence-electron chi connectivity index (χ3n) is 2.17. The Balaban J connectivity index is 2.94. The zero-order valence-corrected chi connectivity index (χ0v) is 8.70. The summed E-state index contributed by atoms with van der Waals surface area (Å²) < 4.78 is 0. The van der Waals surface area contributed by atoms with Crippen LogP contribution < -0.4 is 5.73 Å². The minimum absolute atomic E-state index is 0.601. The molecule has 0 amide bonds. The Labute approximate surface area is 80.6 Å². The van der Waals surface area contributed by atoms with Gasteiger partial charge in [0, 0.05) is 4.88 Å². The van der Waals surface area contributed by atoms with Gasteiger partial charge in [-0.2, -0.15) is 0 Å². The van der Waals surface area contributed by atoms with Crippen LogP contribution in [0, 0.1) is 20.8 Å². The van der Waals surface area contributed by atoms with E-state index in [1.807, 2.05) is 6.92 Å². The SMILES string of the molecule is Cc1nc(N)c2c(C)c(C)sc2n1. The van der Waals surface area contributed by atoms with E-state index in [1.54, 1.807) is 11.3 Å². The number of hydrogen-bond donors (Lipinski definition) is 1. The maximum absolute atomic E-state index is 5.83. The molecule has 3 nitrogen and oxygen atoms in total. The zero-order chi connectivity index (χ0) is 9.59. The van der Waals surface area contributed by atoms with Gasteiger partial charge in [-0.05, 0) is 26.3 Å². The van der Waals surface area contributed by atoms with Crippen molar-refractivity contribution in [3.05, 3.63) is 16.3 Å². The molecule has 0 fully saturated rings. The molecule has 0 radical (unpaired) electrons. The number of nitrogens with zero attached hydrogens (tertiary/aromatic N) is 2. The van der Waals surface area contributed by atoms with Crippen molar-refractivity contribution in [3.63, 3.8) is 0 Å². The summed E-state index contributed by atoms with van der Waals surface area (Å²) in [5.41, 5.74) is 7.03. The number of hydrogen-bond acceptors (Lipinski definition) is 4. The van der Waals surface area contributed by atoms with Gasteiger partial charge in [-0.25, -0.2) is 9.97 Å². The van der Waals surface area contributed by atoms with Gasteiger partial charge >= 0.3 is 0 Å². The summed E-state index contributed by atoms with van der Waals surface area (Å²) in [5, 5.41) is 1.02. The maximum Gasteiger partial charge on any atom is 0.136 e. The summed E-state index contributed by atoms with van der Waals surface area (Å²) >= 11 is 1.68. The van der Waals surface area contributed by atoms with Gasteiger partial charge in [-0.15, -0.1) is 11.3 Å². The van der Waals surface area contributed by atoms with Crippen molar-refractivity contribution in [2.24, 2.45) is 0 Å². The Bertz CT molecular complexity index is 473. The van der Waals surface area contributed by atoms with Crippen LogP contribution in [0.2, 0.25) is 0 Å². The van der Waals surface area contributed by atoms with Gasteiger partial charge in [0.1, 0.15) is 16.5 Å². The lowest BCUT2D eigenvalue weighted by atomic mass is 10.2. The van der Waals surface area contributed by atoms with E-state index in [4.69, 9.17) is 5.73 Å². The molecule has 0 saturated heterocycles. The van der Waals surface area contributed by atoms with Gasteiger partial charge in [0.25, 0.3) is 0 Å². The molecule has 0 aliphatic rings. The van der Waals surface area contributed by atoms with E-state index in [9.17, 15) is 0 Å². The molecule has 68 valence electrons. The van der Waals surface area contributed by atoms with Crippen molar-refractivity contribution in [3.8, 4) is 0 Å². The second-order valence-electron chi connectivity index (χ2n) is 3.12. The highest BCUT2D eigenvalue weighted by Gasteiger charge is 2.10. The van der Waals surface area contributed by atoms with E-state index in [2.05, 4.69) is 23.8 Å². The van der Waals surface area contributed by atoms with Crippen LogP contribution in [0.1, 0.15) is 16.3 Å². The second-order valence-corrected chi connectivity index (χ2v) is 4.32. The average molecular weight is 193 g/mol. The van der Waals surface area contributed by atoms with Crippen LogP contribution >= 0.6 is 11.3 Å². The first-order valence-electron chi connectivity index (χ1n) is 4.09. The molecule has 0 aliphatic carbocycles. The molecule has 2 heterocycles. The molecular formula is C9H11N3S. The molecule has 2 N–H and O–H groups in total. The Kier molecular flexibility index (Phi) is 1.73. The third kappa shape index (κ3) is 1.18. The molecule has 2 rings (SSSR count). The standard InChI is InChI=1S/C9H11N3S/c1-4-5(2)13-9-7(4)8(10)11-6(3)12-9/h1-3H3,(H2,10,11,12). The molecule has 0 bridgehead atoms. The van der Waals surface area contributed by atoms with Crippen LogP contribution in [-0.2, 0) is 0 Å². The average Bonchev–Trinajstić information content (AvgIpc) is 2.27. The summed E-state index contributed by atoms with van der Waals surface area (Å²) in [6.45, 7) is 6.00. The first-order chi connectivity index (χ1) is 6.09. The van der Waals surface area contributed by atoms with E-state index in [-0.39, 0.29) is 0 Å². The van der Waals surface area contributed by atoms with E-state index in [0.717, 1.165) is 16.0 Å². The van der Waals surface area contributed by atoms with Gasteiger partial charge in [-0.3, -0.25) is 0 Å². The predicted molar refractivity (Wildman–Crippen MR) is 56.0 cm³/mol. The van der Waals surface area contributed by atoms with Gasteiger partial charge in [-0.1, -0.05) is 0 Å². The number of aryl methyl sites for hydroxylation is 3. The largest absolute Gasteiger partial charge is 0.383 e. The van der Waals surface area contributed by atoms with E-state index in [1.165, 1.54) is 10.4 Å². The lowest BCUT2D eigenvalue weighted by Crippen LogP contribution is -1.95. The molecule has 0 atom stereocenters. The first kappa shape index (κ1) is 8.44. The normalized spacial score (nSPS) is 11.0. The predicted octanol–water partition coefficient (Wildman–Crippen LogP) is 2.20. The molecule has 4 heteroatoms. The summed E-state index contributed by atoms with van der Waals surface area (Å²) in [6.07, 6.45) is 0. The van der Waals surface area contributed by atoms with Crippen molar-refractivity contribution < 1.29 is 0 Å². The van der Waals surface area contributed by atoms with E-state index >= 15 is 0 Å². The monoisotopic (exact) mass is 193 g/mol. The Hall–Kier alpha value is -1.16. The number of rotatable bonds is 0. The van der Waals surface area contributed by atoms with Crippen LogP contribution in [0.4, 0.5) is 5.82 Å². The molecule has 13 heavy (non-hydrogen) atoms. The molecule has 0 unspecified atom stereocenters.